The van der Waals surface area contributed by atoms with Crippen molar-refractivity contribution in [3.8, 4) is 11.5 Å². The maximum absolute atomic E-state index is 11.8. The maximum Gasteiger partial charge on any atom is 0.253 e. The second-order valence-corrected chi connectivity index (χ2v) is 5.43. The number of hydrogen-bond acceptors (Lipinski definition) is 7. The van der Waals surface area contributed by atoms with Crippen LogP contribution >= 0.6 is 11.6 Å². The fraction of sp³-hybridized carbons (Fsp3) is 0.188. The lowest BCUT2D eigenvalue weighted by molar-refractivity contribution is -0.126. The van der Waals surface area contributed by atoms with Crippen LogP contribution in [0.25, 0.3) is 11.5 Å². The molecule has 0 radical (unpaired) electrons. The molecule has 2 aromatic heterocycles. The van der Waals surface area contributed by atoms with Gasteiger partial charge < -0.3 is 14.6 Å². The van der Waals surface area contributed by atoms with Crippen molar-refractivity contribution in [3.05, 3.63) is 59.3 Å². The molecule has 0 fully saturated rings. The Labute approximate surface area is 148 Å². The van der Waals surface area contributed by atoms with Crippen LogP contribution in [0.15, 0.2) is 47.4 Å². The Morgan fingerprint density at radius 3 is 2.84 bits per heavy atom. The van der Waals surface area contributed by atoms with Gasteiger partial charge in [-0.1, -0.05) is 28.9 Å². The Morgan fingerprint density at radius 2 is 2.08 bits per heavy atom. The lowest BCUT2D eigenvalue weighted by Crippen LogP contribution is -2.27. The maximum atomic E-state index is 11.8. The molecule has 8 nitrogen and oxygen atoms in total. The van der Waals surface area contributed by atoms with Crippen molar-refractivity contribution >= 4 is 17.5 Å². The van der Waals surface area contributed by atoms with E-state index in [-0.39, 0.29) is 25.0 Å². The zero-order valence-corrected chi connectivity index (χ0v) is 13.8. The van der Waals surface area contributed by atoms with Gasteiger partial charge in [0.05, 0.1) is 6.20 Å². The number of ether oxygens (including phenoxy) is 1. The van der Waals surface area contributed by atoms with E-state index in [9.17, 15) is 4.79 Å². The quantitative estimate of drug-likeness (QED) is 0.688. The Morgan fingerprint density at radius 1 is 1.24 bits per heavy atom. The highest BCUT2D eigenvalue weighted by molar-refractivity contribution is 6.30. The van der Waals surface area contributed by atoms with Crippen LogP contribution in [0.4, 0.5) is 0 Å². The summed E-state index contributed by atoms with van der Waals surface area (Å²) in [4.78, 5) is 23.9. The van der Waals surface area contributed by atoms with Crippen molar-refractivity contribution in [2.75, 3.05) is 6.61 Å². The molecule has 0 bridgehead atoms. The molecule has 25 heavy (non-hydrogen) atoms. The van der Waals surface area contributed by atoms with Gasteiger partial charge in [0.1, 0.15) is 18.9 Å². The van der Waals surface area contributed by atoms with Crippen molar-refractivity contribution in [1.29, 1.82) is 0 Å². The molecule has 1 aromatic carbocycles. The molecule has 128 valence electrons. The molecule has 0 spiro atoms. The van der Waals surface area contributed by atoms with Crippen LogP contribution in [-0.2, 0) is 22.7 Å². The summed E-state index contributed by atoms with van der Waals surface area (Å²) in [7, 11) is 0. The zero-order chi connectivity index (χ0) is 17.5. The average Bonchev–Trinajstić information content (AvgIpc) is 3.11. The second-order valence-electron chi connectivity index (χ2n) is 5.00. The molecule has 0 atom stereocenters. The number of aromatic nitrogens is 4. The van der Waals surface area contributed by atoms with E-state index in [1.54, 1.807) is 18.3 Å². The van der Waals surface area contributed by atoms with E-state index in [1.807, 2.05) is 12.1 Å². The highest BCUT2D eigenvalue weighted by atomic mass is 35.5. The van der Waals surface area contributed by atoms with Crippen LogP contribution in [0.2, 0.25) is 5.02 Å². The van der Waals surface area contributed by atoms with Gasteiger partial charge in [-0.25, -0.2) is 4.98 Å². The van der Waals surface area contributed by atoms with E-state index >= 15 is 0 Å². The first kappa shape index (κ1) is 17.0. The van der Waals surface area contributed by atoms with Crippen molar-refractivity contribution < 1.29 is 14.1 Å². The van der Waals surface area contributed by atoms with E-state index in [0.717, 1.165) is 5.56 Å². The molecular weight excluding hydrogens is 346 g/mol. The highest BCUT2D eigenvalue weighted by Gasteiger charge is 2.10. The van der Waals surface area contributed by atoms with Gasteiger partial charge in [0.2, 0.25) is 11.7 Å². The van der Waals surface area contributed by atoms with Crippen LogP contribution < -0.4 is 5.32 Å². The van der Waals surface area contributed by atoms with Gasteiger partial charge >= 0.3 is 0 Å². The van der Waals surface area contributed by atoms with E-state index in [4.69, 9.17) is 20.9 Å². The first-order valence-corrected chi connectivity index (χ1v) is 7.76. The monoisotopic (exact) mass is 359 g/mol. The van der Waals surface area contributed by atoms with Gasteiger partial charge in [0.25, 0.3) is 5.89 Å². The number of nitrogens with zero attached hydrogens (tertiary/aromatic N) is 4. The van der Waals surface area contributed by atoms with Gasteiger partial charge in [0.15, 0.2) is 0 Å². The summed E-state index contributed by atoms with van der Waals surface area (Å²) in [6.07, 6.45) is 4.61. The summed E-state index contributed by atoms with van der Waals surface area (Å²) in [5.41, 5.74) is 1.45. The molecular formula is C16H14ClN5O3. The lowest BCUT2D eigenvalue weighted by Gasteiger charge is -2.05. The number of hydrogen-bond donors (Lipinski definition) is 1. The Kier molecular flexibility index (Phi) is 5.65. The Hall–Kier alpha value is -2.84. The van der Waals surface area contributed by atoms with Gasteiger partial charge in [-0.2, -0.15) is 4.98 Å². The van der Waals surface area contributed by atoms with E-state index < -0.39 is 0 Å². The summed E-state index contributed by atoms with van der Waals surface area (Å²) in [6.45, 7) is 0.314. The molecule has 1 N–H and O–H groups in total. The van der Waals surface area contributed by atoms with Gasteiger partial charge in [-0.05, 0) is 17.7 Å². The normalized spacial score (nSPS) is 10.6. The van der Waals surface area contributed by atoms with Crippen LogP contribution in [0, 0.1) is 0 Å². The molecule has 0 saturated carbocycles. The largest absolute Gasteiger partial charge is 0.362 e. The van der Waals surface area contributed by atoms with E-state index in [1.165, 1.54) is 12.4 Å². The summed E-state index contributed by atoms with van der Waals surface area (Å²) in [5, 5.41) is 7.18. The minimum Gasteiger partial charge on any atom is -0.362 e. The first-order chi connectivity index (χ1) is 12.2. The van der Waals surface area contributed by atoms with Crippen LogP contribution in [0.5, 0.6) is 0 Å². The minimum absolute atomic E-state index is 0.0294. The minimum atomic E-state index is -0.247. The molecule has 9 heteroatoms. The Balaban J connectivity index is 1.41. The summed E-state index contributed by atoms with van der Waals surface area (Å²) in [6, 6.07) is 7.22. The van der Waals surface area contributed by atoms with Crippen molar-refractivity contribution in [2.45, 2.75) is 13.2 Å². The molecule has 3 aromatic rings. The smallest absolute Gasteiger partial charge is 0.253 e. The number of halogens is 1. The topological polar surface area (TPSA) is 103 Å². The third kappa shape index (κ3) is 5.07. The van der Waals surface area contributed by atoms with Gasteiger partial charge in [-0.15, -0.1) is 0 Å². The molecule has 0 aliphatic rings. The fourth-order valence-electron chi connectivity index (χ4n) is 1.92. The molecule has 0 unspecified atom stereocenters. The van der Waals surface area contributed by atoms with Gasteiger partial charge in [0, 0.05) is 24.0 Å². The predicted octanol–water partition coefficient (Wildman–Crippen LogP) is 2.01. The fourth-order valence-corrected chi connectivity index (χ4v) is 2.04. The Bertz CT molecular complexity index is 823. The summed E-state index contributed by atoms with van der Waals surface area (Å²) in [5.74, 6) is 0.327. The van der Waals surface area contributed by atoms with Crippen LogP contribution in [0.1, 0.15) is 11.5 Å². The zero-order valence-electron chi connectivity index (χ0n) is 13.1. The summed E-state index contributed by atoms with van der Waals surface area (Å²) >= 11 is 5.81. The van der Waals surface area contributed by atoms with Crippen LogP contribution in [-0.4, -0.2) is 32.6 Å². The van der Waals surface area contributed by atoms with Crippen molar-refractivity contribution in [2.24, 2.45) is 0 Å². The molecule has 0 aliphatic heterocycles. The number of amides is 1. The SMILES string of the molecule is O=C(COCc1nc(-c2cnccn2)no1)NCc1ccc(Cl)cc1. The summed E-state index contributed by atoms with van der Waals surface area (Å²) < 4.78 is 10.3. The number of carbonyl (C=O) groups excluding carboxylic acids is 1. The van der Waals surface area contributed by atoms with Crippen LogP contribution in [0.3, 0.4) is 0 Å². The molecule has 0 saturated heterocycles. The first-order valence-electron chi connectivity index (χ1n) is 7.38. The van der Waals surface area contributed by atoms with E-state index in [2.05, 4.69) is 25.4 Å². The average molecular weight is 360 g/mol. The molecule has 2 heterocycles. The molecule has 1 amide bonds. The second kappa shape index (κ2) is 8.32. The molecule has 3 rings (SSSR count). The third-order valence-corrected chi connectivity index (χ3v) is 3.37. The predicted molar refractivity (Wildman–Crippen MR) is 88.3 cm³/mol. The third-order valence-electron chi connectivity index (χ3n) is 3.12. The van der Waals surface area contributed by atoms with Crippen molar-refractivity contribution in [3.63, 3.8) is 0 Å². The number of benzene rings is 1. The molecule has 0 aliphatic carbocycles. The number of rotatable bonds is 7. The highest BCUT2D eigenvalue weighted by Crippen LogP contribution is 2.11. The van der Waals surface area contributed by atoms with E-state index in [0.29, 0.717) is 23.1 Å². The van der Waals surface area contributed by atoms with Crippen molar-refractivity contribution in [1.82, 2.24) is 25.4 Å². The number of nitrogens with one attached hydrogen (secondary N) is 1. The van der Waals surface area contributed by atoms with Gasteiger partial charge in [-0.3, -0.25) is 9.78 Å². The standard InChI is InChI=1S/C16H14ClN5O3/c17-12-3-1-11(2-4-12)7-20-14(23)9-24-10-15-21-16(22-25-15)13-8-18-5-6-19-13/h1-6,8H,7,9-10H2,(H,20,23). The number of carbonyl (C=O) groups is 1. The lowest BCUT2D eigenvalue weighted by atomic mass is 10.2.